The Bertz CT molecular complexity index is 1120. The van der Waals surface area contributed by atoms with Crippen LogP contribution in [0.1, 0.15) is 10.4 Å². The van der Waals surface area contributed by atoms with Crippen molar-refractivity contribution in [3.8, 4) is 5.75 Å². The zero-order chi connectivity index (χ0) is 20.1. The van der Waals surface area contributed by atoms with E-state index in [1.807, 2.05) is 0 Å². The van der Waals surface area contributed by atoms with Gasteiger partial charge in [0.2, 0.25) is 0 Å². The first-order valence-corrected chi connectivity index (χ1v) is 10.1. The quantitative estimate of drug-likeness (QED) is 0.623. The van der Waals surface area contributed by atoms with E-state index in [0.29, 0.717) is 17.0 Å². The average Bonchev–Trinajstić information content (AvgIpc) is 2.70. The van der Waals surface area contributed by atoms with Gasteiger partial charge in [-0.05, 0) is 42.5 Å². The van der Waals surface area contributed by atoms with Crippen LogP contribution in [0.4, 0.5) is 11.4 Å². The molecule has 0 saturated heterocycles. The Hall–Kier alpha value is -3.03. The van der Waals surface area contributed by atoms with Gasteiger partial charge in [0.15, 0.2) is 0 Å². The molecule has 0 aliphatic heterocycles. The van der Waals surface area contributed by atoms with Crippen molar-refractivity contribution in [3.63, 3.8) is 0 Å². The minimum Gasteiger partial charge on any atom is -0.496 e. The number of nitrogens with one attached hydrogen (secondary N) is 2. The number of sulfonamides is 1. The van der Waals surface area contributed by atoms with Crippen LogP contribution in [0.3, 0.4) is 0 Å². The molecule has 0 spiro atoms. The zero-order valence-corrected chi connectivity index (χ0v) is 16.4. The normalized spacial score (nSPS) is 10.9. The van der Waals surface area contributed by atoms with Crippen LogP contribution in [0.15, 0.2) is 77.7 Å². The number of ether oxygens (including phenoxy) is 1. The van der Waals surface area contributed by atoms with Crippen molar-refractivity contribution in [2.45, 2.75) is 4.90 Å². The first-order valence-electron chi connectivity index (χ1n) is 8.22. The number of amides is 1. The van der Waals surface area contributed by atoms with Crippen molar-refractivity contribution < 1.29 is 17.9 Å². The molecule has 0 aromatic heterocycles. The van der Waals surface area contributed by atoms with Gasteiger partial charge in [0, 0.05) is 5.69 Å². The molecule has 8 heteroatoms. The number of carbonyl (C=O) groups excluding carboxylic acids is 1. The number of halogens is 1. The van der Waals surface area contributed by atoms with Crippen molar-refractivity contribution >= 4 is 38.9 Å². The largest absolute Gasteiger partial charge is 0.496 e. The second kappa shape index (κ2) is 8.33. The summed E-state index contributed by atoms with van der Waals surface area (Å²) in [5, 5.41) is 2.97. The topological polar surface area (TPSA) is 84.5 Å². The van der Waals surface area contributed by atoms with Crippen LogP contribution in [0.25, 0.3) is 0 Å². The molecule has 28 heavy (non-hydrogen) atoms. The van der Waals surface area contributed by atoms with Gasteiger partial charge in [0.05, 0.1) is 28.3 Å². The molecule has 6 nitrogen and oxygen atoms in total. The lowest BCUT2D eigenvalue weighted by molar-refractivity contribution is 0.102. The van der Waals surface area contributed by atoms with E-state index in [1.54, 1.807) is 60.7 Å². The molecular formula is C20H17ClN2O4S. The molecule has 0 saturated carbocycles. The summed E-state index contributed by atoms with van der Waals surface area (Å²) in [5.41, 5.74) is 0.943. The molecule has 1 amide bonds. The van der Waals surface area contributed by atoms with Crippen LogP contribution in [0.2, 0.25) is 5.02 Å². The highest BCUT2D eigenvalue weighted by atomic mass is 35.5. The third kappa shape index (κ3) is 4.44. The Labute approximate surface area is 168 Å². The van der Waals surface area contributed by atoms with Gasteiger partial charge < -0.3 is 10.1 Å². The highest BCUT2D eigenvalue weighted by Gasteiger charge is 2.17. The van der Waals surface area contributed by atoms with Gasteiger partial charge in [-0.2, -0.15) is 0 Å². The Morgan fingerprint density at radius 1 is 0.964 bits per heavy atom. The summed E-state index contributed by atoms with van der Waals surface area (Å²) in [6.45, 7) is 0. The first-order chi connectivity index (χ1) is 13.4. The van der Waals surface area contributed by atoms with Crippen LogP contribution >= 0.6 is 11.6 Å². The van der Waals surface area contributed by atoms with Gasteiger partial charge in [0.1, 0.15) is 5.75 Å². The number of rotatable bonds is 6. The monoisotopic (exact) mass is 416 g/mol. The standard InChI is InChI=1S/C20H17ClN2O4S/c1-27-19-12-5-2-9-16(19)20(24)22-14-7-6-8-15(13-14)28(25,26)23-18-11-4-3-10-17(18)21/h2-13,23H,1H3,(H,22,24). The van der Waals surface area contributed by atoms with E-state index in [2.05, 4.69) is 10.0 Å². The molecule has 0 atom stereocenters. The summed E-state index contributed by atoms with van der Waals surface area (Å²) in [7, 11) is -2.41. The van der Waals surface area contributed by atoms with Gasteiger partial charge in [0.25, 0.3) is 15.9 Å². The van der Waals surface area contributed by atoms with Crippen LogP contribution in [0, 0.1) is 0 Å². The highest BCUT2D eigenvalue weighted by molar-refractivity contribution is 7.92. The minimum absolute atomic E-state index is 0.00903. The van der Waals surface area contributed by atoms with Gasteiger partial charge in [-0.15, -0.1) is 0 Å². The molecule has 3 rings (SSSR count). The number of hydrogen-bond donors (Lipinski definition) is 2. The summed E-state index contributed by atoms with van der Waals surface area (Å²) >= 11 is 6.02. The fraction of sp³-hybridized carbons (Fsp3) is 0.0500. The summed E-state index contributed by atoms with van der Waals surface area (Å²) in [6.07, 6.45) is 0. The van der Waals surface area contributed by atoms with Crippen molar-refractivity contribution in [2.75, 3.05) is 17.1 Å². The molecule has 144 valence electrons. The zero-order valence-electron chi connectivity index (χ0n) is 14.8. The number of carbonyl (C=O) groups is 1. The molecule has 2 N–H and O–H groups in total. The molecule has 0 unspecified atom stereocenters. The Balaban J connectivity index is 1.84. The Morgan fingerprint density at radius 2 is 1.68 bits per heavy atom. The fourth-order valence-corrected chi connectivity index (χ4v) is 3.88. The van der Waals surface area contributed by atoms with Crippen LogP contribution < -0.4 is 14.8 Å². The van der Waals surface area contributed by atoms with Crippen molar-refractivity contribution in [1.82, 2.24) is 0 Å². The number of methoxy groups -OCH3 is 1. The van der Waals surface area contributed by atoms with E-state index >= 15 is 0 Å². The highest BCUT2D eigenvalue weighted by Crippen LogP contribution is 2.25. The smallest absolute Gasteiger partial charge is 0.262 e. The number of anilines is 2. The van der Waals surface area contributed by atoms with E-state index in [1.165, 1.54) is 19.2 Å². The third-order valence-corrected chi connectivity index (χ3v) is 5.56. The molecule has 0 heterocycles. The van der Waals surface area contributed by atoms with Gasteiger partial charge in [-0.25, -0.2) is 8.42 Å². The summed E-state index contributed by atoms with van der Waals surface area (Å²) in [4.78, 5) is 12.5. The Kier molecular flexibility index (Phi) is 5.87. The maximum atomic E-state index is 12.7. The lowest BCUT2D eigenvalue weighted by Crippen LogP contribution is -2.15. The molecule has 0 radical (unpaired) electrons. The van der Waals surface area contributed by atoms with E-state index in [9.17, 15) is 13.2 Å². The summed E-state index contributed by atoms with van der Waals surface area (Å²) < 4.78 is 32.9. The van der Waals surface area contributed by atoms with E-state index in [0.717, 1.165) is 0 Å². The third-order valence-electron chi connectivity index (χ3n) is 3.87. The molecule has 3 aromatic rings. The summed E-state index contributed by atoms with van der Waals surface area (Å²) in [5.74, 6) is 0.00947. The SMILES string of the molecule is COc1ccccc1C(=O)Nc1cccc(S(=O)(=O)Nc2ccccc2Cl)c1. The van der Waals surface area contributed by atoms with E-state index in [4.69, 9.17) is 16.3 Å². The van der Waals surface area contributed by atoms with Crippen molar-refractivity contribution in [2.24, 2.45) is 0 Å². The van der Waals surface area contributed by atoms with Crippen LogP contribution in [0.5, 0.6) is 5.75 Å². The fourth-order valence-electron chi connectivity index (χ4n) is 2.52. The second-order valence-electron chi connectivity index (χ2n) is 5.77. The number of para-hydroxylation sites is 2. The van der Waals surface area contributed by atoms with Crippen LogP contribution in [-0.2, 0) is 10.0 Å². The van der Waals surface area contributed by atoms with Crippen molar-refractivity contribution in [3.05, 3.63) is 83.4 Å². The average molecular weight is 417 g/mol. The minimum atomic E-state index is -3.88. The molecule has 3 aromatic carbocycles. The lowest BCUT2D eigenvalue weighted by Gasteiger charge is -2.12. The predicted octanol–water partition coefficient (Wildman–Crippen LogP) is 4.40. The van der Waals surface area contributed by atoms with Gasteiger partial charge in [-0.3, -0.25) is 9.52 Å². The first kappa shape index (κ1) is 19.7. The Morgan fingerprint density at radius 3 is 2.43 bits per heavy atom. The predicted molar refractivity (Wildman–Crippen MR) is 110 cm³/mol. The second-order valence-corrected chi connectivity index (χ2v) is 7.86. The molecule has 0 aliphatic rings. The molecule has 0 fully saturated rings. The number of benzene rings is 3. The lowest BCUT2D eigenvalue weighted by atomic mass is 10.2. The molecule has 0 bridgehead atoms. The number of hydrogen-bond acceptors (Lipinski definition) is 4. The molecular weight excluding hydrogens is 400 g/mol. The van der Waals surface area contributed by atoms with Gasteiger partial charge in [-0.1, -0.05) is 41.9 Å². The van der Waals surface area contributed by atoms with Gasteiger partial charge >= 0.3 is 0 Å². The maximum absolute atomic E-state index is 12.7. The van der Waals surface area contributed by atoms with E-state index in [-0.39, 0.29) is 15.6 Å². The molecule has 0 aliphatic carbocycles. The van der Waals surface area contributed by atoms with E-state index < -0.39 is 15.9 Å². The van der Waals surface area contributed by atoms with Crippen LogP contribution in [-0.4, -0.2) is 21.4 Å². The maximum Gasteiger partial charge on any atom is 0.262 e. The summed E-state index contributed by atoms with van der Waals surface area (Å²) in [6, 6.07) is 19.2. The van der Waals surface area contributed by atoms with Crippen molar-refractivity contribution in [1.29, 1.82) is 0 Å².